The van der Waals surface area contributed by atoms with Gasteiger partial charge in [-0.3, -0.25) is 0 Å². The van der Waals surface area contributed by atoms with Crippen LogP contribution in [-0.2, 0) is 16.1 Å². The van der Waals surface area contributed by atoms with E-state index >= 15 is 0 Å². The Morgan fingerprint density at radius 1 is 1.03 bits per heavy atom. The zero-order valence-corrected chi connectivity index (χ0v) is 16.5. The number of hydrogen-bond acceptors (Lipinski definition) is 4. The molecule has 0 aliphatic carbocycles. The Hall–Kier alpha value is -3.37. The van der Waals surface area contributed by atoms with Crippen molar-refractivity contribution in [3.8, 4) is 5.75 Å². The van der Waals surface area contributed by atoms with Crippen molar-refractivity contribution in [1.29, 1.82) is 0 Å². The normalized spacial score (nSPS) is 14.6. The fourth-order valence-electron chi connectivity index (χ4n) is 2.82. The summed E-state index contributed by atoms with van der Waals surface area (Å²) in [5.74, 6) is 0.520. The summed E-state index contributed by atoms with van der Waals surface area (Å²) >= 11 is 5.99. The maximum atomic E-state index is 12.1. The topological polar surface area (TPSA) is 47.9 Å². The fraction of sp³-hybridized carbons (Fsp3) is 0.0833. The lowest BCUT2D eigenvalue weighted by Crippen LogP contribution is -2.05. The smallest absolute Gasteiger partial charge is 0.363 e. The molecule has 0 aromatic heterocycles. The maximum Gasteiger partial charge on any atom is 0.363 e. The average molecular weight is 404 g/mol. The average Bonchev–Trinajstić information content (AvgIpc) is 3.09. The van der Waals surface area contributed by atoms with E-state index in [1.807, 2.05) is 24.3 Å². The Morgan fingerprint density at radius 2 is 1.79 bits per heavy atom. The number of rotatable bonds is 5. The van der Waals surface area contributed by atoms with Gasteiger partial charge in [-0.15, -0.1) is 0 Å². The van der Waals surface area contributed by atoms with Crippen molar-refractivity contribution < 1.29 is 14.3 Å². The monoisotopic (exact) mass is 403 g/mol. The lowest BCUT2D eigenvalue weighted by molar-refractivity contribution is -0.129. The van der Waals surface area contributed by atoms with Crippen LogP contribution in [-0.4, -0.2) is 11.9 Å². The minimum absolute atomic E-state index is 0.244. The Morgan fingerprint density at radius 3 is 2.52 bits per heavy atom. The number of carbonyl (C=O) groups is 1. The van der Waals surface area contributed by atoms with Gasteiger partial charge in [0.25, 0.3) is 0 Å². The lowest BCUT2D eigenvalue weighted by Gasteiger charge is -2.07. The van der Waals surface area contributed by atoms with E-state index in [0.717, 1.165) is 16.9 Å². The molecule has 144 valence electrons. The van der Waals surface area contributed by atoms with Gasteiger partial charge in [-0.2, -0.15) is 0 Å². The van der Waals surface area contributed by atoms with Crippen LogP contribution in [0.3, 0.4) is 0 Å². The van der Waals surface area contributed by atoms with Gasteiger partial charge >= 0.3 is 5.97 Å². The minimum Gasteiger partial charge on any atom is -0.489 e. The van der Waals surface area contributed by atoms with Crippen molar-refractivity contribution in [2.24, 2.45) is 4.99 Å². The molecule has 0 N–H and O–H groups in total. The Balaban J connectivity index is 1.45. The second kappa shape index (κ2) is 8.33. The zero-order valence-electron chi connectivity index (χ0n) is 15.8. The Kier molecular flexibility index (Phi) is 5.45. The van der Waals surface area contributed by atoms with Gasteiger partial charge in [0.1, 0.15) is 12.4 Å². The molecule has 0 saturated carbocycles. The fourth-order valence-corrected chi connectivity index (χ4v) is 3.01. The lowest BCUT2D eigenvalue weighted by atomic mass is 10.1. The SMILES string of the molecule is Cc1ccc(COc2ccc(/C=C3/N=C(c4cccc(Cl)c4)OC3=O)cc2)cc1. The quantitative estimate of drug-likeness (QED) is 0.413. The highest BCUT2D eigenvalue weighted by Gasteiger charge is 2.24. The highest BCUT2D eigenvalue weighted by molar-refractivity contribution is 6.31. The summed E-state index contributed by atoms with van der Waals surface area (Å²) in [5, 5.41) is 0.555. The summed E-state index contributed by atoms with van der Waals surface area (Å²) in [6.07, 6.45) is 1.68. The molecule has 0 bridgehead atoms. The Bertz CT molecular complexity index is 1100. The predicted octanol–water partition coefficient (Wildman–Crippen LogP) is 5.57. The molecule has 29 heavy (non-hydrogen) atoms. The number of halogens is 1. The number of esters is 1. The minimum atomic E-state index is -0.486. The number of hydrogen-bond donors (Lipinski definition) is 0. The molecular formula is C24H18ClNO3. The number of carbonyl (C=O) groups excluding carboxylic acids is 1. The van der Waals surface area contributed by atoms with Gasteiger partial charge in [-0.25, -0.2) is 9.79 Å². The van der Waals surface area contributed by atoms with Crippen molar-refractivity contribution in [3.05, 3.63) is 106 Å². The van der Waals surface area contributed by atoms with E-state index in [9.17, 15) is 4.79 Å². The van der Waals surface area contributed by atoms with E-state index < -0.39 is 5.97 Å². The summed E-state index contributed by atoms with van der Waals surface area (Å²) in [6.45, 7) is 2.56. The van der Waals surface area contributed by atoms with Gasteiger partial charge < -0.3 is 9.47 Å². The van der Waals surface area contributed by atoms with Crippen molar-refractivity contribution >= 4 is 29.5 Å². The van der Waals surface area contributed by atoms with Crippen molar-refractivity contribution in [3.63, 3.8) is 0 Å². The van der Waals surface area contributed by atoms with Crippen LogP contribution >= 0.6 is 11.6 Å². The molecule has 0 saturated heterocycles. The standard InChI is InChI=1S/C24H18ClNO3/c1-16-5-7-18(8-6-16)15-28-21-11-9-17(10-12-21)13-22-24(27)29-23(26-22)19-3-2-4-20(25)14-19/h2-14H,15H2,1H3/b22-13+. The van der Waals surface area contributed by atoms with Crippen molar-refractivity contribution in [2.45, 2.75) is 13.5 Å². The van der Waals surface area contributed by atoms with Crippen LogP contribution in [0, 0.1) is 6.92 Å². The second-order valence-electron chi connectivity index (χ2n) is 6.69. The maximum absolute atomic E-state index is 12.1. The third-order valence-corrected chi connectivity index (χ3v) is 4.64. The van der Waals surface area contributed by atoms with Gasteiger partial charge in [-0.1, -0.05) is 59.6 Å². The molecule has 3 aromatic rings. The second-order valence-corrected chi connectivity index (χ2v) is 7.13. The molecule has 4 nitrogen and oxygen atoms in total. The first kappa shape index (κ1) is 19.0. The highest BCUT2D eigenvalue weighted by Crippen LogP contribution is 2.22. The van der Waals surface area contributed by atoms with E-state index in [2.05, 4.69) is 36.2 Å². The number of nitrogens with zero attached hydrogens (tertiary/aromatic N) is 1. The summed E-state index contributed by atoms with van der Waals surface area (Å²) in [7, 11) is 0. The molecule has 0 spiro atoms. The first-order valence-electron chi connectivity index (χ1n) is 9.14. The molecule has 0 unspecified atom stereocenters. The van der Waals surface area contributed by atoms with Gasteiger partial charge in [-0.05, 0) is 54.5 Å². The first-order chi connectivity index (χ1) is 14.1. The summed E-state index contributed by atoms with van der Waals surface area (Å²) in [5.41, 5.74) is 4.06. The molecule has 4 rings (SSSR count). The number of aliphatic imine (C=N–C) groups is 1. The number of benzene rings is 3. The number of cyclic esters (lactones) is 1. The zero-order chi connectivity index (χ0) is 20.2. The summed E-state index contributed by atoms with van der Waals surface area (Å²) < 4.78 is 11.1. The van der Waals surface area contributed by atoms with Crippen LogP contribution in [0.4, 0.5) is 0 Å². The number of aryl methyl sites for hydroxylation is 1. The molecule has 0 amide bonds. The molecule has 1 aliphatic heterocycles. The summed E-state index contributed by atoms with van der Waals surface area (Å²) in [4.78, 5) is 16.4. The van der Waals surface area contributed by atoms with E-state index in [1.165, 1.54) is 5.56 Å². The van der Waals surface area contributed by atoms with E-state index in [0.29, 0.717) is 17.2 Å². The van der Waals surface area contributed by atoms with Crippen LogP contribution in [0.25, 0.3) is 6.08 Å². The van der Waals surface area contributed by atoms with E-state index in [4.69, 9.17) is 21.1 Å². The number of ether oxygens (including phenoxy) is 2. The van der Waals surface area contributed by atoms with Crippen molar-refractivity contribution in [1.82, 2.24) is 0 Å². The van der Waals surface area contributed by atoms with Crippen molar-refractivity contribution in [2.75, 3.05) is 0 Å². The largest absolute Gasteiger partial charge is 0.489 e. The van der Waals surface area contributed by atoms with E-state index in [1.54, 1.807) is 30.3 Å². The van der Waals surface area contributed by atoms with Gasteiger partial charge in [0.2, 0.25) is 5.90 Å². The molecule has 1 heterocycles. The van der Waals surface area contributed by atoms with Crippen LogP contribution < -0.4 is 4.74 Å². The summed E-state index contributed by atoms with van der Waals surface area (Å²) in [6, 6.07) is 22.7. The van der Waals surface area contributed by atoms with Gasteiger partial charge in [0, 0.05) is 10.6 Å². The van der Waals surface area contributed by atoms with Crippen LogP contribution in [0.15, 0.2) is 83.5 Å². The van der Waals surface area contributed by atoms with Gasteiger partial charge in [0.15, 0.2) is 5.70 Å². The molecule has 1 aliphatic rings. The van der Waals surface area contributed by atoms with E-state index in [-0.39, 0.29) is 11.6 Å². The molecule has 3 aromatic carbocycles. The van der Waals surface area contributed by atoms with Crippen LogP contribution in [0.1, 0.15) is 22.3 Å². The van der Waals surface area contributed by atoms with Crippen LogP contribution in [0.2, 0.25) is 5.02 Å². The molecule has 0 fully saturated rings. The van der Waals surface area contributed by atoms with Crippen LogP contribution in [0.5, 0.6) is 5.75 Å². The van der Waals surface area contributed by atoms with Gasteiger partial charge in [0.05, 0.1) is 0 Å². The Labute approximate surface area is 174 Å². The predicted molar refractivity (Wildman–Crippen MR) is 114 cm³/mol. The third kappa shape index (κ3) is 4.73. The highest BCUT2D eigenvalue weighted by atomic mass is 35.5. The molecule has 0 atom stereocenters. The molecule has 5 heteroatoms. The molecular weight excluding hydrogens is 386 g/mol. The first-order valence-corrected chi connectivity index (χ1v) is 9.51. The third-order valence-electron chi connectivity index (χ3n) is 4.40. The molecule has 0 radical (unpaired) electrons.